The molecule has 1 saturated heterocycles. The van der Waals surface area contributed by atoms with Crippen LogP contribution in [0, 0.1) is 0 Å². The summed E-state index contributed by atoms with van der Waals surface area (Å²) in [5.74, 6) is 0. The number of nitrogens with zero attached hydrogens (tertiary/aromatic N) is 1. The number of piperidine rings is 1. The van der Waals surface area contributed by atoms with Crippen LogP contribution in [0.5, 0.6) is 0 Å². The van der Waals surface area contributed by atoms with E-state index in [4.69, 9.17) is 17.3 Å². The second-order valence-corrected chi connectivity index (χ2v) is 4.62. The summed E-state index contributed by atoms with van der Waals surface area (Å²) in [5.41, 5.74) is 7.65. The number of aliphatic hydroxyl groups excluding tert-OH is 1. The maximum atomic E-state index is 9.45. The molecule has 0 aromatic heterocycles. The van der Waals surface area contributed by atoms with Crippen LogP contribution >= 0.6 is 11.6 Å². The van der Waals surface area contributed by atoms with Crippen molar-refractivity contribution in [2.75, 3.05) is 18.0 Å². The molecule has 0 atom stereocenters. The smallest absolute Gasteiger partial charge is 0.0642 e. The summed E-state index contributed by atoms with van der Waals surface area (Å²) in [4.78, 5) is 2.22. The number of hydrogen-bond donors (Lipinski definition) is 2. The first kappa shape index (κ1) is 11.7. The van der Waals surface area contributed by atoms with Crippen molar-refractivity contribution in [1.82, 2.24) is 0 Å². The van der Waals surface area contributed by atoms with Gasteiger partial charge in [0, 0.05) is 19.6 Å². The van der Waals surface area contributed by atoms with E-state index in [1.807, 2.05) is 18.2 Å². The molecule has 2 rings (SSSR count). The average molecular weight is 241 g/mol. The van der Waals surface area contributed by atoms with Crippen LogP contribution in [0.4, 0.5) is 5.69 Å². The van der Waals surface area contributed by atoms with Crippen LogP contribution in [0.2, 0.25) is 5.02 Å². The van der Waals surface area contributed by atoms with Crippen LogP contribution in [-0.2, 0) is 6.54 Å². The Hall–Kier alpha value is -0.770. The van der Waals surface area contributed by atoms with E-state index < -0.39 is 0 Å². The van der Waals surface area contributed by atoms with E-state index in [0.717, 1.165) is 42.2 Å². The Bertz CT molecular complexity index is 362. The van der Waals surface area contributed by atoms with E-state index in [-0.39, 0.29) is 6.10 Å². The highest BCUT2D eigenvalue weighted by atomic mass is 35.5. The molecule has 3 N–H and O–H groups in total. The molecule has 0 radical (unpaired) electrons. The van der Waals surface area contributed by atoms with E-state index in [1.165, 1.54) is 0 Å². The summed E-state index contributed by atoms with van der Waals surface area (Å²) in [6.07, 6.45) is 1.47. The van der Waals surface area contributed by atoms with Crippen LogP contribution in [0.25, 0.3) is 0 Å². The molecular formula is C12H17ClN2O. The second kappa shape index (κ2) is 5.04. The normalized spacial score (nSPS) is 17.8. The van der Waals surface area contributed by atoms with Crippen molar-refractivity contribution in [2.45, 2.75) is 25.5 Å². The van der Waals surface area contributed by atoms with E-state index in [2.05, 4.69) is 4.90 Å². The summed E-state index contributed by atoms with van der Waals surface area (Å²) in [6, 6.07) is 5.94. The first-order valence-corrected chi connectivity index (χ1v) is 6.00. The average Bonchev–Trinajstić information content (AvgIpc) is 2.30. The van der Waals surface area contributed by atoms with E-state index >= 15 is 0 Å². The number of halogens is 1. The van der Waals surface area contributed by atoms with Gasteiger partial charge in [0.05, 0.1) is 16.8 Å². The third kappa shape index (κ3) is 2.48. The Balaban J connectivity index is 2.14. The Morgan fingerprint density at radius 2 is 2.06 bits per heavy atom. The molecule has 1 aromatic rings. The predicted molar refractivity (Wildman–Crippen MR) is 66.8 cm³/mol. The highest BCUT2D eigenvalue weighted by Crippen LogP contribution is 2.29. The lowest BCUT2D eigenvalue weighted by atomic mass is 10.1. The zero-order valence-corrected chi connectivity index (χ0v) is 9.95. The fourth-order valence-electron chi connectivity index (χ4n) is 2.04. The molecule has 0 spiro atoms. The van der Waals surface area contributed by atoms with Crippen LogP contribution in [0.15, 0.2) is 18.2 Å². The van der Waals surface area contributed by atoms with Crippen LogP contribution in [0.1, 0.15) is 18.4 Å². The van der Waals surface area contributed by atoms with Crippen molar-refractivity contribution in [3.63, 3.8) is 0 Å². The van der Waals surface area contributed by atoms with Crippen molar-refractivity contribution in [3.05, 3.63) is 28.8 Å². The highest BCUT2D eigenvalue weighted by Gasteiger charge is 2.18. The number of nitrogens with two attached hydrogens (primary N) is 1. The number of rotatable bonds is 2. The molecule has 88 valence electrons. The minimum atomic E-state index is -0.154. The summed E-state index contributed by atoms with van der Waals surface area (Å²) >= 11 is 6.22. The zero-order valence-electron chi connectivity index (χ0n) is 9.19. The number of anilines is 1. The minimum absolute atomic E-state index is 0.154. The summed E-state index contributed by atoms with van der Waals surface area (Å²) in [6.45, 7) is 2.24. The second-order valence-electron chi connectivity index (χ2n) is 4.21. The molecule has 1 heterocycles. The van der Waals surface area contributed by atoms with Crippen molar-refractivity contribution in [3.8, 4) is 0 Å². The topological polar surface area (TPSA) is 49.5 Å². The van der Waals surface area contributed by atoms with Gasteiger partial charge >= 0.3 is 0 Å². The van der Waals surface area contributed by atoms with Gasteiger partial charge in [-0.1, -0.05) is 17.7 Å². The van der Waals surface area contributed by atoms with E-state index in [9.17, 15) is 5.11 Å². The summed E-state index contributed by atoms with van der Waals surface area (Å²) < 4.78 is 0. The third-order valence-electron chi connectivity index (χ3n) is 3.05. The highest BCUT2D eigenvalue weighted by molar-refractivity contribution is 6.33. The fourth-order valence-corrected chi connectivity index (χ4v) is 2.36. The Morgan fingerprint density at radius 1 is 1.38 bits per heavy atom. The fraction of sp³-hybridized carbons (Fsp3) is 0.500. The van der Waals surface area contributed by atoms with E-state index in [1.54, 1.807) is 0 Å². The maximum Gasteiger partial charge on any atom is 0.0642 e. The van der Waals surface area contributed by atoms with Gasteiger partial charge in [-0.15, -0.1) is 0 Å². The van der Waals surface area contributed by atoms with Crippen molar-refractivity contribution < 1.29 is 5.11 Å². The van der Waals surface area contributed by atoms with Crippen molar-refractivity contribution in [1.29, 1.82) is 0 Å². The first-order valence-electron chi connectivity index (χ1n) is 5.62. The molecule has 4 heteroatoms. The van der Waals surface area contributed by atoms with Crippen molar-refractivity contribution >= 4 is 17.3 Å². The SMILES string of the molecule is NCc1ccc(N2CCC(O)CC2)c(Cl)c1. The van der Waals surface area contributed by atoms with Crippen LogP contribution < -0.4 is 10.6 Å². The van der Waals surface area contributed by atoms with Crippen molar-refractivity contribution in [2.24, 2.45) is 5.73 Å². The Morgan fingerprint density at radius 3 is 2.62 bits per heavy atom. The first-order chi connectivity index (χ1) is 7.70. The zero-order chi connectivity index (χ0) is 11.5. The predicted octanol–water partition coefficient (Wildman–Crippen LogP) is 1.76. The van der Waals surface area contributed by atoms with Gasteiger partial charge in [0.25, 0.3) is 0 Å². The number of aliphatic hydroxyl groups is 1. The molecule has 0 unspecified atom stereocenters. The minimum Gasteiger partial charge on any atom is -0.393 e. The lowest BCUT2D eigenvalue weighted by Gasteiger charge is -2.32. The molecule has 1 aromatic carbocycles. The summed E-state index contributed by atoms with van der Waals surface area (Å²) in [7, 11) is 0. The van der Waals surface area contributed by atoms with Gasteiger partial charge in [0.2, 0.25) is 0 Å². The quantitative estimate of drug-likeness (QED) is 0.828. The molecule has 0 aliphatic carbocycles. The summed E-state index contributed by atoms with van der Waals surface area (Å²) in [5, 5.41) is 10.2. The van der Waals surface area contributed by atoms with Crippen LogP contribution in [-0.4, -0.2) is 24.3 Å². The van der Waals surface area contributed by atoms with Gasteiger partial charge in [-0.25, -0.2) is 0 Å². The lowest BCUT2D eigenvalue weighted by molar-refractivity contribution is 0.145. The molecule has 1 aliphatic rings. The molecule has 0 bridgehead atoms. The molecule has 3 nitrogen and oxygen atoms in total. The molecule has 1 aliphatic heterocycles. The van der Waals surface area contributed by atoms with Gasteiger partial charge < -0.3 is 15.7 Å². The van der Waals surface area contributed by atoms with E-state index in [0.29, 0.717) is 6.54 Å². The molecule has 16 heavy (non-hydrogen) atoms. The lowest BCUT2D eigenvalue weighted by Crippen LogP contribution is -2.35. The Labute approximate surface area is 101 Å². The van der Waals surface area contributed by atoms with Gasteiger partial charge in [-0.2, -0.15) is 0 Å². The van der Waals surface area contributed by atoms with Crippen LogP contribution in [0.3, 0.4) is 0 Å². The standard InChI is InChI=1S/C12H17ClN2O/c13-11-7-9(8-14)1-2-12(11)15-5-3-10(16)4-6-15/h1-2,7,10,16H,3-6,8,14H2. The third-order valence-corrected chi connectivity index (χ3v) is 3.36. The maximum absolute atomic E-state index is 9.45. The molecule has 0 saturated carbocycles. The van der Waals surface area contributed by atoms with Gasteiger partial charge in [-0.3, -0.25) is 0 Å². The molecule has 0 amide bonds. The molecular weight excluding hydrogens is 224 g/mol. The monoisotopic (exact) mass is 240 g/mol. The largest absolute Gasteiger partial charge is 0.393 e. The number of benzene rings is 1. The van der Waals surface area contributed by atoms with Gasteiger partial charge in [0.15, 0.2) is 0 Å². The molecule has 1 fully saturated rings. The van der Waals surface area contributed by atoms with Gasteiger partial charge in [-0.05, 0) is 30.5 Å². The number of hydrogen-bond acceptors (Lipinski definition) is 3. The van der Waals surface area contributed by atoms with Gasteiger partial charge in [0.1, 0.15) is 0 Å². The Kier molecular flexibility index (Phi) is 3.69.